The Bertz CT molecular complexity index is 564. The van der Waals surface area contributed by atoms with Crippen molar-refractivity contribution < 1.29 is 14.3 Å². The third-order valence-corrected chi connectivity index (χ3v) is 4.82. The SMILES string of the molecule is COc1ccc(CCNC(=O)NCC(C)(C)N2C[C@@H](C)O[C@H](C)C2)cc1. The Morgan fingerprint density at radius 1 is 1.19 bits per heavy atom. The second-order valence-corrected chi connectivity index (χ2v) is 7.68. The van der Waals surface area contributed by atoms with E-state index in [0.29, 0.717) is 13.1 Å². The van der Waals surface area contributed by atoms with Gasteiger partial charge in [0.1, 0.15) is 5.75 Å². The molecule has 1 aliphatic rings. The highest BCUT2D eigenvalue weighted by Gasteiger charge is 2.33. The first-order valence-corrected chi connectivity index (χ1v) is 9.35. The number of nitrogens with zero attached hydrogens (tertiary/aromatic N) is 1. The highest BCUT2D eigenvalue weighted by Crippen LogP contribution is 2.20. The lowest BCUT2D eigenvalue weighted by molar-refractivity contribution is -0.0947. The van der Waals surface area contributed by atoms with Gasteiger partial charge >= 0.3 is 6.03 Å². The maximum atomic E-state index is 12.1. The van der Waals surface area contributed by atoms with E-state index in [1.807, 2.05) is 24.3 Å². The van der Waals surface area contributed by atoms with Gasteiger partial charge in [0.15, 0.2) is 0 Å². The summed E-state index contributed by atoms with van der Waals surface area (Å²) in [5, 5.41) is 5.93. The largest absolute Gasteiger partial charge is 0.497 e. The number of hydrogen-bond donors (Lipinski definition) is 2. The molecule has 2 atom stereocenters. The van der Waals surface area contributed by atoms with Gasteiger partial charge in [-0.1, -0.05) is 12.1 Å². The van der Waals surface area contributed by atoms with Gasteiger partial charge in [-0.2, -0.15) is 0 Å². The van der Waals surface area contributed by atoms with Gasteiger partial charge in [0.25, 0.3) is 0 Å². The zero-order chi connectivity index (χ0) is 19.2. The zero-order valence-electron chi connectivity index (χ0n) is 16.7. The van der Waals surface area contributed by atoms with Crippen LogP contribution >= 0.6 is 0 Å². The highest BCUT2D eigenvalue weighted by atomic mass is 16.5. The summed E-state index contributed by atoms with van der Waals surface area (Å²) in [6, 6.07) is 7.77. The Kier molecular flexibility index (Phi) is 7.29. The number of methoxy groups -OCH3 is 1. The van der Waals surface area contributed by atoms with Crippen molar-refractivity contribution in [2.24, 2.45) is 0 Å². The number of benzene rings is 1. The van der Waals surface area contributed by atoms with Crippen molar-refractivity contribution >= 4 is 6.03 Å². The first-order valence-electron chi connectivity index (χ1n) is 9.35. The van der Waals surface area contributed by atoms with Gasteiger partial charge in [-0.25, -0.2) is 4.79 Å². The van der Waals surface area contributed by atoms with E-state index in [-0.39, 0.29) is 23.8 Å². The molecule has 6 nitrogen and oxygen atoms in total. The Labute approximate surface area is 157 Å². The van der Waals surface area contributed by atoms with Crippen molar-refractivity contribution in [1.29, 1.82) is 0 Å². The summed E-state index contributed by atoms with van der Waals surface area (Å²) in [5.74, 6) is 0.841. The second-order valence-electron chi connectivity index (χ2n) is 7.68. The molecule has 6 heteroatoms. The summed E-state index contributed by atoms with van der Waals surface area (Å²) in [6.45, 7) is 11.5. The van der Waals surface area contributed by atoms with Crippen LogP contribution < -0.4 is 15.4 Å². The normalized spacial score (nSPS) is 21.3. The molecule has 1 fully saturated rings. The Morgan fingerprint density at radius 3 is 2.38 bits per heavy atom. The van der Waals surface area contributed by atoms with Crippen LogP contribution in [-0.2, 0) is 11.2 Å². The number of hydrogen-bond acceptors (Lipinski definition) is 4. The Morgan fingerprint density at radius 2 is 1.81 bits per heavy atom. The van der Waals surface area contributed by atoms with Crippen LogP contribution in [0.2, 0.25) is 0 Å². The maximum Gasteiger partial charge on any atom is 0.314 e. The van der Waals surface area contributed by atoms with E-state index >= 15 is 0 Å². The van der Waals surface area contributed by atoms with Crippen LogP contribution in [0, 0.1) is 0 Å². The van der Waals surface area contributed by atoms with Gasteiger partial charge in [-0.15, -0.1) is 0 Å². The van der Waals surface area contributed by atoms with Gasteiger partial charge in [0.05, 0.1) is 19.3 Å². The standard InChI is InChI=1S/C20H33N3O3/c1-15-12-23(13-16(2)26-15)20(3,4)14-22-19(24)21-11-10-17-6-8-18(25-5)9-7-17/h6-9,15-16H,10-14H2,1-5H3,(H2,21,22,24)/t15-,16-/m1/s1. The van der Waals surface area contributed by atoms with Crippen molar-refractivity contribution in [2.45, 2.75) is 51.9 Å². The summed E-state index contributed by atoms with van der Waals surface area (Å²) >= 11 is 0. The van der Waals surface area contributed by atoms with E-state index in [0.717, 1.165) is 25.3 Å². The molecule has 1 aromatic carbocycles. The number of amides is 2. The van der Waals surface area contributed by atoms with Crippen molar-refractivity contribution in [3.8, 4) is 5.75 Å². The molecule has 1 aliphatic heterocycles. The van der Waals surface area contributed by atoms with Crippen molar-refractivity contribution in [1.82, 2.24) is 15.5 Å². The molecule has 0 aromatic heterocycles. The van der Waals surface area contributed by atoms with Crippen LogP contribution in [0.4, 0.5) is 4.79 Å². The van der Waals surface area contributed by atoms with E-state index in [1.54, 1.807) is 7.11 Å². The average molecular weight is 364 g/mol. The van der Waals surface area contributed by atoms with E-state index in [4.69, 9.17) is 9.47 Å². The van der Waals surface area contributed by atoms with Crippen LogP contribution in [0.15, 0.2) is 24.3 Å². The van der Waals surface area contributed by atoms with Gasteiger partial charge in [0.2, 0.25) is 0 Å². The minimum atomic E-state index is -0.124. The summed E-state index contributed by atoms with van der Waals surface area (Å²) in [5.41, 5.74) is 1.06. The zero-order valence-corrected chi connectivity index (χ0v) is 16.7. The lowest BCUT2D eigenvalue weighted by atomic mass is 10.00. The molecule has 2 rings (SSSR count). The number of morpholine rings is 1. The summed E-state index contributed by atoms with van der Waals surface area (Å²) < 4.78 is 10.9. The molecule has 0 saturated carbocycles. The lowest BCUT2D eigenvalue weighted by Gasteiger charge is -2.45. The van der Waals surface area contributed by atoms with E-state index < -0.39 is 0 Å². The number of nitrogens with one attached hydrogen (secondary N) is 2. The first kappa shape index (κ1) is 20.5. The second kappa shape index (κ2) is 9.24. The van der Waals surface area contributed by atoms with Gasteiger partial charge in [-0.05, 0) is 51.8 Å². The molecule has 2 N–H and O–H groups in total. The fraction of sp³-hybridized carbons (Fsp3) is 0.650. The average Bonchev–Trinajstić information content (AvgIpc) is 2.60. The van der Waals surface area contributed by atoms with E-state index in [2.05, 4.69) is 43.2 Å². The molecule has 0 spiro atoms. The van der Waals surface area contributed by atoms with Crippen LogP contribution in [0.5, 0.6) is 5.75 Å². The fourth-order valence-corrected chi connectivity index (χ4v) is 3.26. The van der Waals surface area contributed by atoms with Crippen LogP contribution in [0.25, 0.3) is 0 Å². The molecule has 1 heterocycles. The van der Waals surface area contributed by atoms with Crippen molar-refractivity contribution in [3.63, 3.8) is 0 Å². The molecular formula is C20H33N3O3. The highest BCUT2D eigenvalue weighted by molar-refractivity contribution is 5.73. The van der Waals surface area contributed by atoms with E-state index in [9.17, 15) is 4.79 Å². The summed E-state index contributed by atoms with van der Waals surface area (Å²) in [7, 11) is 1.65. The number of ether oxygens (including phenoxy) is 2. The maximum absolute atomic E-state index is 12.1. The number of urea groups is 1. The predicted octanol–water partition coefficient (Wildman–Crippen LogP) is 2.42. The molecule has 2 amide bonds. The molecular weight excluding hydrogens is 330 g/mol. The van der Waals surface area contributed by atoms with E-state index in [1.165, 1.54) is 5.56 Å². The molecule has 0 radical (unpaired) electrons. The quantitative estimate of drug-likeness (QED) is 0.781. The van der Waals surface area contributed by atoms with Gasteiger partial charge < -0.3 is 20.1 Å². The van der Waals surface area contributed by atoms with Crippen LogP contribution in [0.3, 0.4) is 0 Å². The topological polar surface area (TPSA) is 62.8 Å². The minimum Gasteiger partial charge on any atom is -0.497 e. The van der Waals surface area contributed by atoms with Crippen molar-refractivity contribution in [3.05, 3.63) is 29.8 Å². The number of rotatable bonds is 7. The van der Waals surface area contributed by atoms with Gasteiger partial charge in [-0.3, -0.25) is 4.90 Å². The van der Waals surface area contributed by atoms with Gasteiger partial charge in [0, 0.05) is 31.7 Å². The predicted molar refractivity (Wildman–Crippen MR) is 104 cm³/mol. The van der Waals surface area contributed by atoms with Crippen LogP contribution in [-0.4, -0.2) is 62.0 Å². The smallest absolute Gasteiger partial charge is 0.314 e. The molecule has 0 aliphatic carbocycles. The van der Waals surface area contributed by atoms with Crippen molar-refractivity contribution in [2.75, 3.05) is 33.3 Å². The molecule has 1 aromatic rings. The molecule has 0 bridgehead atoms. The molecule has 1 saturated heterocycles. The molecule has 0 unspecified atom stereocenters. The Balaban J connectivity index is 1.71. The first-order chi connectivity index (χ1) is 12.3. The minimum absolute atomic E-state index is 0.111. The monoisotopic (exact) mass is 363 g/mol. The third kappa shape index (κ3) is 6.18. The Hall–Kier alpha value is -1.79. The number of carbonyl (C=O) groups excluding carboxylic acids is 1. The summed E-state index contributed by atoms with van der Waals surface area (Å²) in [4.78, 5) is 14.5. The molecule has 146 valence electrons. The third-order valence-electron chi connectivity index (χ3n) is 4.82. The van der Waals surface area contributed by atoms with Crippen LogP contribution in [0.1, 0.15) is 33.3 Å². The lowest BCUT2D eigenvalue weighted by Crippen LogP contribution is -2.59. The molecule has 26 heavy (non-hydrogen) atoms. The fourth-order valence-electron chi connectivity index (χ4n) is 3.26. The summed E-state index contributed by atoms with van der Waals surface area (Å²) in [6.07, 6.45) is 1.23. The number of carbonyl (C=O) groups is 1.